The summed E-state index contributed by atoms with van der Waals surface area (Å²) in [6.07, 6.45) is 5.41. The lowest BCUT2D eigenvalue weighted by Gasteiger charge is -2.01. The number of nitrogens with two attached hydrogens (primary N) is 1. The average molecular weight is 238 g/mol. The second-order valence-corrected chi connectivity index (χ2v) is 2.80. The lowest BCUT2D eigenvalue weighted by atomic mass is 10.1. The highest BCUT2D eigenvalue weighted by atomic mass is 35.5. The summed E-state index contributed by atoms with van der Waals surface area (Å²) >= 11 is 0. The van der Waals surface area contributed by atoms with E-state index in [-0.39, 0.29) is 24.8 Å². The summed E-state index contributed by atoms with van der Waals surface area (Å²) in [6.45, 7) is 2.18. The van der Waals surface area contributed by atoms with Gasteiger partial charge in [-0.2, -0.15) is 0 Å². The number of pyridine rings is 1. The van der Waals surface area contributed by atoms with E-state index in [1.54, 1.807) is 0 Å². The first kappa shape index (κ1) is 15.9. The van der Waals surface area contributed by atoms with Gasteiger partial charge in [0.05, 0.1) is 0 Å². The summed E-state index contributed by atoms with van der Waals surface area (Å²) < 4.78 is 0. The highest BCUT2D eigenvalue weighted by Crippen LogP contribution is 2.06. The summed E-state index contributed by atoms with van der Waals surface area (Å²) in [5.74, 6) is 5.91. The lowest BCUT2D eigenvalue weighted by molar-refractivity contribution is 0.792. The minimum atomic E-state index is 0. The van der Waals surface area contributed by atoms with Crippen molar-refractivity contribution < 1.29 is 0 Å². The first-order valence-corrected chi connectivity index (χ1v) is 4.28. The van der Waals surface area contributed by atoms with Crippen LogP contribution >= 0.6 is 24.8 Å². The summed E-state index contributed by atoms with van der Waals surface area (Å²) in [4.78, 5) is 4.11. The summed E-state index contributed by atoms with van der Waals surface area (Å²) in [6, 6.07) is 3.95. The summed E-state index contributed by atoms with van der Waals surface area (Å²) in [5.41, 5.74) is 3.77. The van der Waals surface area contributed by atoms with Crippen molar-refractivity contribution in [3.8, 4) is 0 Å². The number of aromatic nitrogens is 1. The number of hydrogen-bond donors (Lipinski definition) is 2. The number of halogens is 2. The molecular formula is C9H17Cl2N3. The molecule has 1 aromatic heterocycles. The Labute approximate surface area is 97.3 Å². The van der Waals surface area contributed by atoms with Crippen LogP contribution in [0.5, 0.6) is 0 Å². The molecule has 0 saturated carbocycles. The highest BCUT2D eigenvalue weighted by Gasteiger charge is 1.93. The number of nitrogen functional groups attached to an aromatic ring is 1. The predicted octanol–water partition coefficient (Wildman–Crippen LogP) is 2.55. The molecule has 0 amide bonds. The number of nitrogens with one attached hydrogen (secondary N) is 1. The van der Waals surface area contributed by atoms with Crippen molar-refractivity contribution in [2.45, 2.75) is 26.2 Å². The molecular weight excluding hydrogens is 221 g/mol. The van der Waals surface area contributed by atoms with Gasteiger partial charge in [0.2, 0.25) is 0 Å². The third-order valence-electron chi connectivity index (χ3n) is 1.79. The molecule has 0 aliphatic carbocycles. The van der Waals surface area contributed by atoms with Gasteiger partial charge in [0.25, 0.3) is 0 Å². The monoisotopic (exact) mass is 237 g/mol. The molecule has 0 spiro atoms. The molecule has 0 unspecified atom stereocenters. The van der Waals surface area contributed by atoms with E-state index >= 15 is 0 Å². The molecule has 0 atom stereocenters. The topological polar surface area (TPSA) is 50.9 Å². The molecule has 0 aliphatic heterocycles. The standard InChI is InChI=1S/C9H15N3.2ClH/c1-2-3-4-8-5-6-9(12-10)11-7-8;;/h5-7H,2-4,10H2,1H3,(H,11,12);2*1H. The maximum atomic E-state index is 5.19. The first-order valence-electron chi connectivity index (χ1n) is 4.28. The molecule has 0 aromatic carbocycles. The van der Waals surface area contributed by atoms with E-state index in [4.69, 9.17) is 5.84 Å². The molecule has 3 nitrogen and oxygen atoms in total. The Balaban J connectivity index is 0. The number of unbranched alkanes of at least 4 members (excludes halogenated alkanes) is 1. The van der Waals surface area contributed by atoms with Gasteiger partial charge >= 0.3 is 0 Å². The van der Waals surface area contributed by atoms with E-state index in [1.807, 2.05) is 12.3 Å². The van der Waals surface area contributed by atoms with Crippen LogP contribution in [0.2, 0.25) is 0 Å². The van der Waals surface area contributed by atoms with Gasteiger partial charge in [0.15, 0.2) is 0 Å². The normalized spacial score (nSPS) is 8.43. The van der Waals surface area contributed by atoms with Crippen molar-refractivity contribution in [1.29, 1.82) is 0 Å². The molecule has 1 aromatic rings. The Morgan fingerprint density at radius 3 is 2.50 bits per heavy atom. The van der Waals surface area contributed by atoms with Crippen molar-refractivity contribution in [3.63, 3.8) is 0 Å². The third-order valence-corrected chi connectivity index (χ3v) is 1.79. The molecule has 0 saturated heterocycles. The summed E-state index contributed by atoms with van der Waals surface area (Å²) in [5, 5.41) is 0. The van der Waals surface area contributed by atoms with Crippen LogP contribution in [-0.2, 0) is 6.42 Å². The average Bonchev–Trinajstić information content (AvgIpc) is 2.15. The van der Waals surface area contributed by atoms with Gasteiger partial charge in [-0.15, -0.1) is 24.8 Å². The predicted molar refractivity (Wildman–Crippen MR) is 65.2 cm³/mol. The molecule has 1 heterocycles. The number of hydrazine groups is 1. The van der Waals surface area contributed by atoms with Crippen molar-refractivity contribution >= 4 is 30.6 Å². The molecule has 3 N–H and O–H groups in total. The molecule has 0 bridgehead atoms. The number of anilines is 1. The highest BCUT2D eigenvalue weighted by molar-refractivity contribution is 5.85. The van der Waals surface area contributed by atoms with E-state index < -0.39 is 0 Å². The van der Waals surface area contributed by atoms with Crippen LogP contribution in [0.1, 0.15) is 25.3 Å². The van der Waals surface area contributed by atoms with Crippen LogP contribution in [0.25, 0.3) is 0 Å². The zero-order valence-electron chi connectivity index (χ0n) is 8.19. The Morgan fingerprint density at radius 2 is 2.07 bits per heavy atom. The Hall–Kier alpha value is -0.510. The van der Waals surface area contributed by atoms with Gasteiger partial charge in [0.1, 0.15) is 5.82 Å². The Morgan fingerprint density at radius 1 is 1.36 bits per heavy atom. The van der Waals surface area contributed by atoms with Crippen LogP contribution in [0.3, 0.4) is 0 Å². The van der Waals surface area contributed by atoms with Crippen LogP contribution in [0.4, 0.5) is 5.82 Å². The van der Waals surface area contributed by atoms with Gasteiger partial charge in [-0.05, 0) is 24.5 Å². The van der Waals surface area contributed by atoms with Gasteiger partial charge < -0.3 is 5.43 Å². The minimum Gasteiger partial charge on any atom is -0.308 e. The van der Waals surface area contributed by atoms with Gasteiger partial charge in [-0.1, -0.05) is 19.4 Å². The van der Waals surface area contributed by atoms with E-state index in [1.165, 1.54) is 18.4 Å². The fourth-order valence-corrected chi connectivity index (χ4v) is 1.04. The molecule has 0 radical (unpaired) electrons. The number of aryl methyl sites for hydroxylation is 1. The Bertz CT molecular complexity index is 226. The second kappa shape index (κ2) is 9.06. The molecule has 82 valence electrons. The Kier molecular flexibility index (Phi) is 10.3. The molecule has 0 aliphatic rings. The number of hydrogen-bond acceptors (Lipinski definition) is 3. The fraction of sp³-hybridized carbons (Fsp3) is 0.444. The van der Waals surface area contributed by atoms with E-state index in [0.29, 0.717) is 0 Å². The lowest BCUT2D eigenvalue weighted by Crippen LogP contribution is -2.08. The zero-order valence-corrected chi connectivity index (χ0v) is 9.83. The second-order valence-electron chi connectivity index (χ2n) is 2.80. The van der Waals surface area contributed by atoms with Gasteiger partial charge in [0, 0.05) is 6.20 Å². The maximum Gasteiger partial charge on any atom is 0.139 e. The molecule has 0 fully saturated rings. The fourth-order valence-electron chi connectivity index (χ4n) is 1.04. The van der Waals surface area contributed by atoms with E-state index in [9.17, 15) is 0 Å². The molecule has 1 rings (SSSR count). The summed E-state index contributed by atoms with van der Waals surface area (Å²) in [7, 11) is 0. The third kappa shape index (κ3) is 5.27. The first-order chi connectivity index (χ1) is 5.86. The van der Waals surface area contributed by atoms with E-state index in [2.05, 4.69) is 23.4 Å². The van der Waals surface area contributed by atoms with E-state index in [0.717, 1.165) is 12.2 Å². The van der Waals surface area contributed by atoms with Crippen molar-refractivity contribution in [2.24, 2.45) is 5.84 Å². The van der Waals surface area contributed by atoms with Crippen molar-refractivity contribution in [2.75, 3.05) is 5.43 Å². The van der Waals surface area contributed by atoms with Gasteiger partial charge in [-0.3, -0.25) is 0 Å². The van der Waals surface area contributed by atoms with Crippen LogP contribution in [-0.4, -0.2) is 4.98 Å². The quantitative estimate of drug-likeness (QED) is 0.626. The van der Waals surface area contributed by atoms with Crippen molar-refractivity contribution in [3.05, 3.63) is 23.9 Å². The zero-order chi connectivity index (χ0) is 8.81. The number of nitrogens with zero attached hydrogens (tertiary/aromatic N) is 1. The van der Waals surface area contributed by atoms with Crippen molar-refractivity contribution in [1.82, 2.24) is 4.98 Å². The van der Waals surface area contributed by atoms with Gasteiger partial charge in [-0.25, -0.2) is 10.8 Å². The number of rotatable bonds is 4. The van der Waals surface area contributed by atoms with Crippen LogP contribution < -0.4 is 11.3 Å². The minimum absolute atomic E-state index is 0. The molecule has 14 heavy (non-hydrogen) atoms. The SMILES string of the molecule is CCCCc1ccc(NN)nc1.Cl.Cl. The molecule has 5 heteroatoms. The maximum absolute atomic E-state index is 5.19. The van der Waals surface area contributed by atoms with Crippen LogP contribution in [0.15, 0.2) is 18.3 Å². The smallest absolute Gasteiger partial charge is 0.139 e. The largest absolute Gasteiger partial charge is 0.308 e. The van der Waals surface area contributed by atoms with Crippen LogP contribution in [0, 0.1) is 0 Å².